The van der Waals surface area contributed by atoms with E-state index < -0.39 is 31.1 Å². The van der Waals surface area contributed by atoms with Crippen LogP contribution in [0.3, 0.4) is 0 Å². The lowest BCUT2D eigenvalue weighted by Gasteiger charge is -2.25. The van der Waals surface area contributed by atoms with Crippen LogP contribution in [-0.4, -0.2) is 38.0 Å². The molecule has 6 aromatic rings. The van der Waals surface area contributed by atoms with Crippen molar-refractivity contribution in [1.29, 1.82) is 0 Å². The highest BCUT2D eigenvalue weighted by atomic mass is 32.2. The van der Waals surface area contributed by atoms with Crippen LogP contribution in [0.5, 0.6) is 0 Å². The topological polar surface area (TPSA) is 138 Å². The maximum absolute atomic E-state index is 11.9. The van der Waals surface area contributed by atoms with Crippen molar-refractivity contribution in [1.82, 2.24) is 4.98 Å². The number of rotatable bonds is 7. The molecule has 12 heteroatoms. The van der Waals surface area contributed by atoms with Gasteiger partial charge in [0.25, 0.3) is 25.5 Å². The SMILES string of the molecule is CC1=C(C=CC2=C(Sc3nc4ccccc4o3)/C(=C/C=C3N(C)c4ccc5cc(S(=O)(=O)O)ccc5c4C3(C)C)CC2)C(C)(C)c2c1ccc1cc(S(=O)(=O)O)ccc21. The number of oxazole rings is 1. The van der Waals surface area contributed by atoms with Gasteiger partial charge in [0, 0.05) is 34.2 Å². The predicted molar refractivity (Wildman–Crippen MR) is 236 cm³/mol. The molecule has 3 aliphatic rings. The van der Waals surface area contributed by atoms with E-state index >= 15 is 0 Å². The van der Waals surface area contributed by atoms with E-state index in [1.165, 1.54) is 47.2 Å². The van der Waals surface area contributed by atoms with Gasteiger partial charge in [-0.2, -0.15) is 16.8 Å². The number of allylic oxidation sites excluding steroid dienone is 9. The molecule has 1 aromatic heterocycles. The highest BCUT2D eigenvalue weighted by Crippen LogP contribution is 2.52. The number of thioether (sulfide) groups is 1. The molecule has 0 unspecified atom stereocenters. The molecule has 5 aromatic carbocycles. The molecule has 0 bridgehead atoms. The van der Waals surface area contributed by atoms with Gasteiger partial charge >= 0.3 is 0 Å². The van der Waals surface area contributed by atoms with Crippen molar-refractivity contribution in [3.63, 3.8) is 0 Å². The van der Waals surface area contributed by atoms with Crippen LogP contribution in [0.15, 0.2) is 156 Å². The quantitative estimate of drug-likeness (QED) is 0.149. The highest BCUT2D eigenvalue weighted by molar-refractivity contribution is 8.03. The predicted octanol–water partition coefficient (Wildman–Crippen LogP) is 11.3. The van der Waals surface area contributed by atoms with Gasteiger partial charge in [-0.05, 0) is 141 Å². The second-order valence-corrected chi connectivity index (χ2v) is 20.3. The Morgan fingerprint density at radius 1 is 0.763 bits per heavy atom. The molecular formula is C47H42N2O7S3. The van der Waals surface area contributed by atoms with Crippen molar-refractivity contribution < 1.29 is 30.4 Å². The fourth-order valence-electron chi connectivity index (χ4n) is 9.42. The molecule has 59 heavy (non-hydrogen) atoms. The number of aromatic nitrogens is 1. The monoisotopic (exact) mass is 842 g/mol. The van der Waals surface area contributed by atoms with Crippen LogP contribution >= 0.6 is 11.8 Å². The first-order valence-electron chi connectivity index (χ1n) is 19.3. The van der Waals surface area contributed by atoms with Crippen molar-refractivity contribution in [3.8, 4) is 0 Å². The zero-order chi connectivity index (χ0) is 41.8. The Labute approximate surface area is 348 Å². The molecule has 300 valence electrons. The van der Waals surface area contributed by atoms with Crippen molar-refractivity contribution >= 4 is 75.9 Å². The number of para-hydroxylation sites is 2. The third kappa shape index (κ3) is 6.49. The van der Waals surface area contributed by atoms with E-state index in [1.54, 1.807) is 12.1 Å². The van der Waals surface area contributed by atoms with Crippen LogP contribution in [0.2, 0.25) is 0 Å². The Kier molecular flexibility index (Phi) is 9.08. The average molecular weight is 843 g/mol. The highest BCUT2D eigenvalue weighted by Gasteiger charge is 2.40. The molecule has 0 spiro atoms. The largest absolute Gasteiger partial charge is 0.431 e. The number of benzene rings is 5. The van der Waals surface area contributed by atoms with Crippen LogP contribution in [0.1, 0.15) is 64.2 Å². The van der Waals surface area contributed by atoms with Crippen LogP contribution in [0.4, 0.5) is 5.69 Å². The summed E-state index contributed by atoms with van der Waals surface area (Å²) in [7, 11) is -6.62. The zero-order valence-electron chi connectivity index (χ0n) is 33.4. The molecule has 2 N–H and O–H groups in total. The molecule has 9 rings (SSSR count). The van der Waals surface area contributed by atoms with Crippen LogP contribution in [0.25, 0.3) is 38.2 Å². The van der Waals surface area contributed by atoms with Gasteiger partial charge in [0.1, 0.15) is 5.52 Å². The molecule has 9 nitrogen and oxygen atoms in total. The second kappa shape index (κ2) is 13.7. The minimum atomic E-state index is -4.34. The summed E-state index contributed by atoms with van der Waals surface area (Å²) >= 11 is 1.53. The van der Waals surface area contributed by atoms with Gasteiger partial charge in [-0.3, -0.25) is 9.11 Å². The number of hydrogen-bond acceptors (Lipinski definition) is 8. The molecule has 0 radical (unpaired) electrons. The van der Waals surface area contributed by atoms with E-state index in [0.29, 0.717) is 5.22 Å². The number of hydrogen-bond donors (Lipinski definition) is 2. The summed E-state index contributed by atoms with van der Waals surface area (Å²) in [5, 5.41) is 3.94. The summed E-state index contributed by atoms with van der Waals surface area (Å²) in [5.74, 6) is 0. The van der Waals surface area contributed by atoms with Crippen molar-refractivity contribution in [2.45, 2.75) is 73.3 Å². The van der Waals surface area contributed by atoms with Gasteiger partial charge in [-0.15, -0.1) is 0 Å². The first kappa shape index (κ1) is 39.2. The van der Waals surface area contributed by atoms with E-state index in [2.05, 4.69) is 70.9 Å². The maximum atomic E-state index is 11.9. The van der Waals surface area contributed by atoms with Gasteiger partial charge < -0.3 is 9.32 Å². The van der Waals surface area contributed by atoms with E-state index in [0.717, 1.165) is 89.6 Å². The summed E-state index contributed by atoms with van der Waals surface area (Å²) in [6.07, 6.45) is 10.5. The number of fused-ring (bicyclic) bond motifs is 7. The Morgan fingerprint density at radius 2 is 1.41 bits per heavy atom. The second-order valence-electron chi connectivity index (χ2n) is 16.5. The summed E-state index contributed by atoms with van der Waals surface area (Å²) in [5.41, 5.74) is 10.8. The van der Waals surface area contributed by atoms with Crippen LogP contribution in [-0.2, 0) is 31.1 Å². The minimum absolute atomic E-state index is 0.125. The number of likely N-dealkylation sites (N-methyl/N-ethyl adjacent to an activating group) is 1. The van der Waals surface area contributed by atoms with E-state index in [9.17, 15) is 25.9 Å². The van der Waals surface area contributed by atoms with E-state index in [4.69, 9.17) is 9.40 Å². The fourth-order valence-corrected chi connectivity index (χ4v) is 11.5. The summed E-state index contributed by atoms with van der Waals surface area (Å²) < 4.78 is 73.4. The molecule has 2 heterocycles. The zero-order valence-corrected chi connectivity index (χ0v) is 35.8. The number of anilines is 1. The number of nitrogens with zero attached hydrogens (tertiary/aromatic N) is 2. The third-order valence-corrected chi connectivity index (χ3v) is 15.0. The molecule has 2 aliphatic carbocycles. The standard InChI is InChI=1S/C47H42N2O7S3/c1-27-34-19-13-30-25-32(58(50,51)52)17-20-35(30)42(34)46(2,3)37(27)22-14-28-11-12-29(44(28)57-45-48-38-9-7-8-10-40(38)56-45)16-24-41-47(4,5)43-36-21-18-33(59(53,54)55)26-31(36)15-23-39(43)49(41)6/h7-10,13-26H,11-12H2,1-6H3,(H,50,51,52)(H,53,54,55)/b22-14?,29-16+,41-24?. The lowest BCUT2D eigenvalue weighted by atomic mass is 9.78. The first-order valence-corrected chi connectivity index (χ1v) is 22.9. The minimum Gasteiger partial charge on any atom is -0.431 e. The van der Waals surface area contributed by atoms with Crippen molar-refractivity contribution in [2.75, 3.05) is 11.9 Å². The van der Waals surface area contributed by atoms with Crippen molar-refractivity contribution in [3.05, 3.63) is 153 Å². The van der Waals surface area contributed by atoms with Gasteiger partial charge in [0.2, 0.25) is 0 Å². The smallest absolute Gasteiger partial charge is 0.294 e. The van der Waals surface area contributed by atoms with E-state index in [1.807, 2.05) is 48.5 Å². The van der Waals surface area contributed by atoms with Gasteiger partial charge in [-0.25, -0.2) is 4.98 Å². The van der Waals surface area contributed by atoms with E-state index in [-0.39, 0.29) is 9.79 Å². The molecule has 0 saturated heterocycles. The third-order valence-electron chi connectivity index (χ3n) is 12.3. The Balaban J connectivity index is 1.11. The van der Waals surface area contributed by atoms with Crippen LogP contribution in [0, 0.1) is 0 Å². The molecular weight excluding hydrogens is 801 g/mol. The van der Waals surface area contributed by atoms with Gasteiger partial charge in [0.15, 0.2) is 5.58 Å². The summed E-state index contributed by atoms with van der Waals surface area (Å²) in [4.78, 5) is 7.84. The lowest BCUT2D eigenvalue weighted by Crippen LogP contribution is -2.22. The Hall–Kier alpha value is -5.24. The fraction of sp³-hybridized carbons (Fsp3) is 0.213. The Morgan fingerprint density at radius 3 is 2.07 bits per heavy atom. The lowest BCUT2D eigenvalue weighted by molar-refractivity contribution is 0.481. The molecule has 0 fully saturated rings. The van der Waals surface area contributed by atoms with Gasteiger partial charge in [-0.1, -0.05) is 88.4 Å². The molecule has 0 atom stereocenters. The summed E-state index contributed by atoms with van der Waals surface area (Å²) in [6.45, 7) is 10.9. The first-order chi connectivity index (χ1) is 27.8. The molecule has 0 amide bonds. The average Bonchev–Trinajstić information content (AvgIpc) is 3.87. The van der Waals surface area contributed by atoms with Crippen molar-refractivity contribution in [2.24, 2.45) is 0 Å². The summed E-state index contributed by atoms with van der Waals surface area (Å²) in [6, 6.07) is 25.2. The maximum Gasteiger partial charge on any atom is 0.294 e. The van der Waals surface area contributed by atoms with Gasteiger partial charge in [0.05, 0.1) is 9.79 Å². The molecule has 0 saturated carbocycles. The molecule has 1 aliphatic heterocycles. The van der Waals surface area contributed by atoms with Crippen LogP contribution < -0.4 is 4.90 Å². The normalized spacial score (nSPS) is 19.2. The Bertz CT molecular complexity index is 3190.